The Balaban J connectivity index is 1.82. The van der Waals surface area contributed by atoms with Gasteiger partial charge in [-0.2, -0.15) is 0 Å². The summed E-state index contributed by atoms with van der Waals surface area (Å²) in [4.78, 5) is 12.1. The number of amides is 1. The zero-order chi connectivity index (χ0) is 25.6. The Bertz CT molecular complexity index is 1280. The fraction of sp³-hybridized carbons (Fsp3) is 0.174. The van der Waals surface area contributed by atoms with Crippen LogP contribution in [0.15, 0.2) is 77.7 Å². The van der Waals surface area contributed by atoms with Crippen LogP contribution in [0.5, 0.6) is 11.5 Å². The minimum atomic E-state index is -4.94. The Kier molecular flexibility index (Phi) is 7.87. The molecule has 1 amide bonds. The second kappa shape index (κ2) is 10.7. The van der Waals surface area contributed by atoms with E-state index in [0.717, 1.165) is 18.2 Å². The smallest absolute Gasteiger partial charge is 0.492 e. The van der Waals surface area contributed by atoms with Gasteiger partial charge in [0.1, 0.15) is 16.4 Å². The molecule has 0 radical (unpaired) electrons. The van der Waals surface area contributed by atoms with Gasteiger partial charge in [-0.15, -0.1) is 13.2 Å². The Hall–Kier alpha value is -3.77. The van der Waals surface area contributed by atoms with Crippen molar-refractivity contribution in [2.24, 2.45) is 0 Å². The zero-order valence-corrected chi connectivity index (χ0v) is 19.1. The maximum Gasteiger partial charge on any atom is 0.573 e. The van der Waals surface area contributed by atoms with Crippen LogP contribution in [-0.2, 0) is 14.8 Å². The molecule has 0 saturated carbocycles. The average Bonchev–Trinajstić information content (AvgIpc) is 2.78. The highest BCUT2D eigenvalue weighted by Crippen LogP contribution is 2.31. The number of aliphatic hydroxyl groups excluding tert-OH is 1. The molecule has 186 valence electrons. The van der Waals surface area contributed by atoms with Gasteiger partial charge in [0.2, 0.25) is 0 Å². The standard InChI is InChI=1S/C23H21F3N2O6S/c1-2-33-19-14-16(27-22(30)21(29)15-7-4-3-5-8-15)11-12-20(19)35(31,32)28-17-9-6-10-18(13-17)34-23(24,25)26/h3-14,21,28-29H,2H2,1H3,(H,27,30)/t21-/m0/s1. The molecule has 3 rings (SSSR count). The third kappa shape index (κ3) is 7.11. The molecular formula is C23H21F3N2O6S. The van der Waals surface area contributed by atoms with Gasteiger partial charge < -0.3 is 19.9 Å². The van der Waals surface area contributed by atoms with Gasteiger partial charge in [-0.3, -0.25) is 9.52 Å². The normalized spacial score (nSPS) is 12.5. The van der Waals surface area contributed by atoms with Gasteiger partial charge in [-0.05, 0) is 36.8 Å². The van der Waals surface area contributed by atoms with Crippen molar-refractivity contribution in [1.82, 2.24) is 0 Å². The number of carbonyl (C=O) groups excluding carboxylic acids is 1. The molecule has 12 heteroatoms. The third-order valence-electron chi connectivity index (χ3n) is 4.48. The predicted molar refractivity (Wildman–Crippen MR) is 122 cm³/mol. The molecule has 0 bridgehead atoms. The van der Waals surface area contributed by atoms with E-state index in [4.69, 9.17) is 4.74 Å². The second-order valence-corrected chi connectivity index (χ2v) is 8.73. The number of hydrogen-bond donors (Lipinski definition) is 3. The first kappa shape index (κ1) is 25.8. The number of halogens is 3. The number of aliphatic hydroxyl groups is 1. The zero-order valence-electron chi connectivity index (χ0n) is 18.2. The molecule has 0 aliphatic carbocycles. The summed E-state index contributed by atoms with van der Waals surface area (Å²) in [6.45, 7) is 1.70. The average molecular weight is 510 g/mol. The van der Waals surface area contributed by atoms with Crippen molar-refractivity contribution in [3.8, 4) is 11.5 Å². The second-order valence-electron chi connectivity index (χ2n) is 7.08. The molecule has 3 aromatic rings. The van der Waals surface area contributed by atoms with Crippen LogP contribution in [0.2, 0.25) is 0 Å². The number of alkyl halides is 3. The number of ether oxygens (including phenoxy) is 2. The van der Waals surface area contributed by atoms with Gasteiger partial charge in [0.25, 0.3) is 15.9 Å². The summed E-state index contributed by atoms with van der Waals surface area (Å²) in [5.74, 6) is -1.46. The van der Waals surface area contributed by atoms with Gasteiger partial charge in [-0.1, -0.05) is 36.4 Å². The van der Waals surface area contributed by atoms with E-state index in [-0.39, 0.29) is 28.6 Å². The topological polar surface area (TPSA) is 114 Å². The molecule has 0 heterocycles. The van der Waals surface area contributed by atoms with E-state index in [0.29, 0.717) is 5.56 Å². The van der Waals surface area contributed by atoms with Gasteiger partial charge in [0.15, 0.2) is 6.10 Å². The fourth-order valence-electron chi connectivity index (χ4n) is 3.04. The van der Waals surface area contributed by atoms with Crippen LogP contribution in [0.1, 0.15) is 18.6 Å². The number of sulfonamides is 1. The van der Waals surface area contributed by atoms with Crippen LogP contribution in [0.25, 0.3) is 0 Å². The Morgan fingerprint density at radius 3 is 2.37 bits per heavy atom. The number of carbonyl (C=O) groups is 1. The summed E-state index contributed by atoms with van der Waals surface area (Å²) in [5.41, 5.74) is 0.362. The van der Waals surface area contributed by atoms with Crippen molar-refractivity contribution in [2.75, 3.05) is 16.6 Å². The summed E-state index contributed by atoms with van der Waals surface area (Å²) in [5, 5.41) is 12.7. The van der Waals surface area contributed by atoms with Gasteiger partial charge >= 0.3 is 6.36 Å². The first-order valence-corrected chi connectivity index (χ1v) is 11.7. The SMILES string of the molecule is CCOc1cc(NC(=O)[C@@H](O)c2ccccc2)ccc1S(=O)(=O)Nc1cccc(OC(F)(F)F)c1. The Morgan fingerprint density at radius 1 is 1.00 bits per heavy atom. The summed E-state index contributed by atoms with van der Waals surface area (Å²) in [6, 6.07) is 16.3. The number of benzene rings is 3. The molecule has 0 aromatic heterocycles. The summed E-state index contributed by atoms with van der Waals surface area (Å²) in [6.07, 6.45) is -6.39. The third-order valence-corrected chi connectivity index (χ3v) is 5.90. The fourth-order valence-corrected chi connectivity index (χ4v) is 4.22. The highest BCUT2D eigenvalue weighted by atomic mass is 32.2. The lowest BCUT2D eigenvalue weighted by Gasteiger charge is -2.16. The molecular weight excluding hydrogens is 489 g/mol. The summed E-state index contributed by atoms with van der Waals surface area (Å²) in [7, 11) is -4.31. The minimum absolute atomic E-state index is 0.0848. The molecule has 0 aliphatic rings. The number of hydrogen-bond acceptors (Lipinski definition) is 6. The molecule has 0 saturated heterocycles. The lowest BCUT2D eigenvalue weighted by molar-refractivity contribution is -0.274. The van der Waals surface area contributed by atoms with E-state index in [1.165, 1.54) is 24.3 Å². The van der Waals surface area contributed by atoms with Crippen LogP contribution < -0.4 is 19.5 Å². The highest BCUT2D eigenvalue weighted by Gasteiger charge is 2.31. The van der Waals surface area contributed by atoms with E-state index < -0.39 is 34.1 Å². The summed E-state index contributed by atoms with van der Waals surface area (Å²) < 4.78 is 74.7. The van der Waals surface area contributed by atoms with E-state index in [2.05, 4.69) is 14.8 Å². The van der Waals surface area contributed by atoms with Crippen LogP contribution in [0, 0.1) is 0 Å². The number of nitrogens with one attached hydrogen (secondary N) is 2. The van der Waals surface area contributed by atoms with Crippen molar-refractivity contribution < 1.29 is 41.0 Å². The van der Waals surface area contributed by atoms with E-state index >= 15 is 0 Å². The molecule has 1 atom stereocenters. The van der Waals surface area contributed by atoms with E-state index in [1.54, 1.807) is 37.3 Å². The molecule has 0 fully saturated rings. The molecule has 8 nitrogen and oxygen atoms in total. The van der Waals surface area contributed by atoms with Gasteiger partial charge in [0, 0.05) is 17.8 Å². The lowest BCUT2D eigenvalue weighted by Crippen LogP contribution is -2.21. The van der Waals surface area contributed by atoms with Crippen molar-refractivity contribution in [2.45, 2.75) is 24.3 Å². The summed E-state index contributed by atoms with van der Waals surface area (Å²) >= 11 is 0. The Labute approximate surface area is 199 Å². The molecule has 3 N–H and O–H groups in total. The molecule has 0 unspecified atom stereocenters. The van der Waals surface area contributed by atoms with Crippen molar-refractivity contribution in [1.29, 1.82) is 0 Å². The van der Waals surface area contributed by atoms with Crippen LogP contribution >= 0.6 is 0 Å². The van der Waals surface area contributed by atoms with Crippen LogP contribution in [0.3, 0.4) is 0 Å². The first-order valence-electron chi connectivity index (χ1n) is 10.2. The number of anilines is 2. The lowest BCUT2D eigenvalue weighted by atomic mass is 10.1. The van der Waals surface area contributed by atoms with Crippen molar-refractivity contribution in [3.63, 3.8) is 0 Å². The molecule has 0 aliphatic heterocycles. The van der Waals surface area contributed by atoms with E-state index in [1.807, 2.05) is 0 Å². The van der Waals surface area contributed by atoms with Crippen LogP contribution in [0.4, 0.5) is 24.5 Å². The molecule has 0 spiro atoms. The molecule has 3 aromatic carbocycles. The van der Waals surface area contributed by atoms with Crippen LogP contribution in [-0.4, -0.2) is 32.4 Å². The van der Waals surface area contributed by atoms with E-state index in [9.17, 15) is 31.5 Å². The monoisotopic (exact) mass is 510 g/mol. The highest BCUT2D eigenvalue weighted by molar-refractivity contribution is 7.92. The van der Waals surface area contributed by atoms with Crippen molar-refractivity contribution in [3.05, 3.63) is 78.4 Å². The quantitative estimate of drug-likeness (QED) is 0.392. The molecule has 35 heavy (non-hydrogen) atoms. The maximum atomic E-state index is 12.9. The van der Waals surface area contributed by atoms with Gasteiger partial charge in [-0.25, -0.2) is 8.42 Å². The van der Waals surface area contributed by atoms with Crippen molar-refractivity contribution >= 4 is 27.3 Å². The largest absolute Gasteiger partial charge is 0.573 e. The van der Waals surface area contributed by atoms with Gasteiger partial charge in [0.05, 0.1) is 12.3 Å². The maximum absolute atomic E-state index is 12.9. The number of rotatable bonds is 9. The predicted octanol–water partition coefficient (Wildman–Crippen LogP) is 4.46. The first-order chi connectivity index (χ1) is 16.5. The Morgan fingerprint density at radius 2 is 1.71 bits per heavy atom. The minimum Gasteiger partial charge on any atom is -0.492 e.